The highest BCUT2D eigenvalue weighted by molar-refractivity contribution is 6.32. The lowest BCUT2D eigenvalue weighted by molar-refractivity contribution is -0.119. The van der Waals surface area contributed by atoms with Crippen LogP contribution in [0.4, 0.5) is 5.82 Å². The number of hydrogen-bond acceptors (Lipinski definition) is 5. The van der Waals surface area contributed by atoms with Gasteiger partial charge in [-0.1, -0.05) is 11.6 Å². The van der Waals surface area contributed by atoms with Crippen LogP contribution in [-0.2, 0) is 4.79 Å². The third-order valence-corrected chi connectivity index (χ3v) is 2.38. The van der Waals surface area contributed by atoms with E-state index in [0.29, 0.717) is 0 Å². The summed E-state index contributed by atoms with van der Waals surface area (Å²) in [4.78, 5) is 23.3. The Morgan fingerprint density at radius 1 is 1.47 bits per heavy atom. The van der Waals surface area contributed by atoms with Gasteiger partial charge < -0.3 is 5.32 Å². The van der Waals surface area contributed by atoms with Crippen LogP contribution in [0, 0.1) is 0 Å². The van der Waals surface area contributed by atoms with Crippen LogP contribution >= 0.6 is 11.6 Å². The Morgan fingerprint density at radius 2 is 2.24 bits per heavy atom. The van der Waals surface area contributed by atoms with Crippen molar-refractivity contribution in [3.8, 4) is 0 Å². The molecule has 0 aromatic carbocycles. The first kappa shape index (κ1) is 11.5. The molecule has 0 aliphatic carbocycles. The number of carbonyl (C=O) groups excluding carboxylic acids is 1. The lowest BCUT2D eigenvalue weighted by atomic mass is 10.3. The van der Waals surface area contributed by atoms with Crippen LogP contribution in [0.15, 0.2) is 25.0 Å². The minimum atomic E-state index is -0.504. The zero-order valence-electron chi connectivity index (χ0n) is 8.91. The molecule has 2 heterocycles. The molecule has 2 rings (SSSR count). The Balaban J connectivity index is 2.10. The molecule has 1 unspecified atom stereocenters. The van der Waals surface area contributed by atoms with Gasteiger partial charge in [-0.15, -0.1) is 0 Å². The van der Waals surface area contributed by atoms with Crippen molar-refractivity contribution in [2.75, 3.05) is 5.32 Å². The van der Waals surface area contributed by atoms with Gasteiger partial charge in [0.15, 0.2) is 11.0 Å². The van der Waals surface area contributed by atoms with Gasteiger partial charge in [0.25, 0.3) is 0 Å². The van der Waals surface area contributed by atoms with E-state index in [1.54, 1.807) is 6.92 Å². The molecule has 0 bridgehead atoms. The van der Waals surface area contributed by atoms with Gasteiger partial charge in [0.1, 0.15) is 18.7 Å². The molecule has 2 aromatic heterocycles. The van der Waals surface area contributed by atoms with Gasteiger partial charge in [0, 0.05) is 12.4 Å². The van der Waals surface area contributed by atoms with Crippen molar-refractivity contribution < 1.29 is 4.79 Å². The minimum absolute atomic E-state index is 0.145. The lowest BCUT2D eigenvalue weighted by Crippen LogP contribution is -2.24. The zero-order valence-corrected chi connectivity index (χ0v) is 9.66. The molecule has 1 atom stereocenters. The van der Waals surface area contributed by atoms with Gasteiger partial charge >= 0.3 is 0 Å². The number of hydrogen-bond donors (Lipinski definition) is 1. The molecule has 0 saturated carbocycles. The van der Waals surface area contributed by atoms with Gasteiger partial charge in [0.05, 0.1) is 0 Å². The Bertz CT molecular complexity index is 514. The largest absolute Gasteiger partial charge is 0.306 e. The number of halogens is 1. The molecule has 0 radical (unpaired) electrons. The third-order valence-electron chi connectivity index (χ3n) is 2.11. The Labute approximate surface area is 102 Å². The second-order valence-corrected chi connectivity index (χ2v) is 3.59. The summed E-state index contributed by atoms with van der Waals surface area (Å²) in [6.07, 6.45) is 5.71. The topological polar surface area (TPSA) is 85.6 Å². The summed E-state index contributed by atoms with van der Waals surface area (Å²) in [6.45, 7) is 1.69. The molecule has 0 aliphatic rings. The first-order valence-electron chi connectivity index (χ1n) is 4.80. The minimum Gasteiger partial charge on any atom is -0.306 e. The van der Waals surface area contributed by atoms with Crippen LogP contribution in [-0.4, -0.2) is 30.6 Å². The standard InChI is InChI=1S/C9H9ClN6O/c1-6(16-5-11-4-14-16)9(17)15-8-7(10)12-2-3-13-8/h2-6H,1H3,(H,13,15,17). The highest BCUT2D eigenvalue weighted by atomic mass is 35.5. The Kier molecular flexibility index (Phi) is 3.29. The van der Waals surface area contributed by atoms with E-state index >= 15 is 0 Å². The Morgan fingerprint density at radius 3 is 2.88 bits per heavy atom. The lowest BCUT2D eigenvalue weighted by Gasteiger charge is -2.11. The fourth-order valence-electron chi connectivity index (χ4n) is 1.16. The third kappa shape index (κ3) is 2.56. The van der Waals surface area contributed by atoms with Crippen LogP contribution < -0.4 is 5.32 Å². The second kappa shape index (κ2) is 4.88. The maximum Gasteiger partial charge on any atom is 0.250 e. The van der Waals surface area contributed by atoms with Crippen molar-refractivity contribution in [2.45, 2.75) is 13.0 Å². The predicted octanol–water partition coefficient (Wildman–Crippen LogP) is 0.921. The van der Waals surface area contributed by atoms with Crippen molar-refractivity contribution in [2.24, 2.45) is 0 Å². The normalized spacial score (nSPS) is 12.1. The first-order valence-corrected chi connectivity index (χ1v) is 5.18. The zero-order chi connectivity index (χ0) is 12.3. The highest BCUT2D eigenvalue weighted by Gasteiger charge is 2.17. The number of carbonyl (C=O) groups is 1. The van der Waals surface area contributed by atoms with Gasteiger partial charge in [-0.25, -0.2) is 19.6 Å². The molecular weight excluding hydrogens is 244 g/mol. The van der Waals surface area contributed by atoms with E-state index in [4.69, 9.17) is 11.6 Å². The molecule has 7 nitrogen and oxygen atoms in total. The van der Waals surface area contributed by atoms with Crippen molar-refractivity contribution in [3.05, 3.63) is 30.2 Å². The summed E-state index contributed by atoms with van der Waals surface area (Å²) in [7, 11) is 0. The number of anilines is 1. The van der Waals surface area contributed by atoms with Crippen molar-refractivity contribution >= 4 is 23.3 Å². The highest BCUT2D eigenvalue weighted by Crippen LogP contribution is 2.15. The molecule has 0 spiro atoms. The molecule has 0 saturated heterocycles. The maximum absolute atomic E-state index is 11.8. The molecular formula is C9H9ClN6O. The predicted molar refractivity (Wildman–Crippen MR) is 60.4 cm³/mol. The molecule has 0 aliphatic heterocycles. The molecule has 17 heavy (non-hydrogen) atoms. The quantitative estimate of drug-likeness (QED) is 0.878. The van der Waals surface area contributed by atoms with Crippen molar-refractivity contribution in [1.82, 2.24) is 24.7 Å². The summed E-state index contributed by atoms with van der Waals surface area (Å²) >= 11 is 5.77. The average molecular weight is 253 g/mol. The van der Waals surface area contributed by atoms with Gasteiger partial charge in [-0.3, -0.25) is 4.79 Å². The number of nitrogens with one attached hydrogen (secondary N) is 1. The van der Waals surface area contributed by atoms with Crippen molar-refractivity contribution in [3.63, 3.8) is 0 Å². The molecule has 1 amide bonds. The number of rotatable bonds is 3. The van der Waals surface area contributed by atoms with E-state index < -0.39 is 6.04 Å². The SMILES string of the molecule is CC(C(=O)Nc1nccnc1Cl)n1cncn1. The van der Waals surface area contributed by atoms with Crippen LogP contribution in [0.2, 0.25) is 5.15 Å². The summed E-state index contributed by atoms with van der Waals surface area (Å²) < 4.78 is 1.43. The van der Waals surface area contributed by atoms with Crippen molar-refractivity contribution in [1.29, 1.82) is 0 Å². The van der Waals surface area contributed by atoms with E-state index in [2.05, 4.69) is 25.4 Å². The monoisotopic (exact) mass is 252 g/mol. The maximum atomic E-state index is 11.8. The summed E-state index contributed by atoms with van der Waals surface area (Å²) in [5, 5.41) is 6.59. The smallest absolute Gasteiger partial charge is 0.250 e. The molecule has 8 heteroatoms. The number of nitrogens with zero attached hydrogens (tertiary/aromatic N) is 5. The molecule has 88 valence electrons. The van der Waals surface area contributed by atoms with Gasteiger partial charge in [-0.05, 0) is 6.92 Å². The number of aromatic nitrogens is 5. The van der Waals surface area contributed by atoms with E-state index in [1.807, 2.05) is 0 Å². The van der Waals surface area contributed by atoms with Crippen LogP contribution in [0.5, 0.6) is 0 Å². The molecule has 1 N–H and O–H groups in total. The Hall–Kier alpha value is -2.02. The number of amides is 1. The van der Waals surface area contributed by atoms with E-state index in [9.17, 15) is 4.79 Å². The van der Waals surface area contributed by atoms with Crippen LogP contribution in [0.3, 0.4) is 0 Å². The van der Waals surface area contributed by atoms with Crippen LogP contribution in [0.1, 0.15) is 13.0 Å². The van der Waals surface area contributed by atoms with Gasteiger partial charge in [0.2, 0.25) is 5.91 Å². The van der Waals surface area contributed by atoms with Gasteiger partial charge in [-0.2, -0.15) is 5.10 Å². The average Bonchev–Trinajstić information content (AvgIpc) is 2.84. The second-order valence-electron chi connectivity index (χ2n) is 3.24. The summed E-state index contributed by atoms with van der Waals surface area (Å²) in [5.41, 5.74) is 0. The summed E-state index contributed by atoms with van der Waals surface area (Å²) in [5.74, 6) is -0.0657. The van der Waals surface area contributed by atoms with E-state index in [0.717, 1.165) is 0 Å². The molecule has 2 aromatic rings. The van der Waals surface area contributed by atoms with E-state index in [1.165, 1.54) is 29.7 Å². The fraction of sp³-hybridized carbons (Fsp3) is 0.222. The summed E-state index contributed by atoms with van der Waals surface area (Å²) in [6, 6.07) is -0.504. The van der Waals surface area contributed by atoms with E-state index in [-0.39, 0.29) is 16.9 Å². The molecule has 0 fully saturated rings. The first-order chi connectivity index (χ1) is 8.18. The fourth-order valence-corrected chi connectivity index (χ4v) is 1.32. The van der Waals surface area contributed by atoms with Crippen LogP contribution in [0.25, 0.3) is 0 Å².